The number of fused-ring (bicyclic) bond motifs is 1. The zero-order valence-corrected chi connectivity index (χ0v) is 10.00. The Morgan fingerprint density at radius 1 is 0.889 bits per heavy atom. The number of benzene rings is 2. The monoisotopic (exact) mass is 236 g/mol. The summed E-state index contributed by atoms with van der Waals surface area (Å²) in [6.07, 6.45) is 1.52. The van der Waals surface area contributed by atoms with Crippen LogP contribution < -0.4 is 4.74 Å². The van der Waals surface area contributed by atoms with Gasteiger partial charge in [0.05, 0.1) is 10.9 Å². The predicted octanol–water partition coefficient (Wildman–Crippen LogP) is 3.73. The molecule has 0 aliphatic carbocycles. The number of hydrogen-bond donors (Lipinski definition) is 0. The van der Waals surface area contributed by atoms with Gasteiger partial charge in [0.1, 0.15) is 12.1 Å². The predicted molar refractivity (Wildman–Crippen MR) is 70.8 cm³/mol. The Morgan fingerprint density at radius 3 is 2.50 bits per heavy atom. The van der Waals surface area contributed by atoms with E-state index in [9.17, 15) is 0 Å². The molecule has 0 atom stereocenters. The van der Waals surface area contributed by atoms with Crippen LogP contribution in [-0.4, -0.2) is 9.97 Å². The first kappa shape index (κ1) is 10.7. The quantitative estimate of drug-likeness (QED) is 0.680. The number of nitrogens with zero attached hydrogens (tertiary/aromatic N) is 2. The van der Waals surface area contributed by atoms with E-state index in [-0.39, 0.29) is 0 Å². The van der Waals surface area contributed by atoms with Crippen molar-refractivity contribution in [3.05, 3.63) is 60.4 Å². The van der Waals surface area contributed by atoms with Crippen molar-refractivity contribution in [1.29, 1.82) is 0 Å². The van der Waals surface area contributed by atoms with Gasteiger partial charge in [-0.05, 0) is 31.2 Å². The van der Waals surface area contributed by atoms with E-state index in [1.807, 2.05) is 55.5 Å². The molecule has 0 saturated carbocycles. The summed E-state index contributed by atoms with van der Waals surface area (Å²) in [5.41, 5.74) is 2.09. The van der Waals surface area contributed by atoms with Crippen molar-refractivity contribution in [1.82, 2.24) is 9.97 Å². The SMILES string of the molecule is Cc1ccc(Oc2ncnc3ccccc23)cc1. The molecule has 0 aliphatic heterocycles. The molecule has 0 spiro atoms. The normalized spacial score (nSPS) is 10.5. The van der Waals surface area contributed by atoms with E-state index in [0.29, 0.717) is 5.88 Å². The molecule has 0 bridgehead atoms. The molecule has 0 N–H and O–H groups in total. The molecule has 88 valence electrons. The first-order valence-electron chi connectivity index (χ1n) is 5.77. The Labute approximate surface area is 105 Å². The lowest BCUT2D eigenvalue weighted by Gasteiger charge is -2.07. The molecule has 0 radical (unpaired) electrons. The second-order valence-corrected chi connectivity index (χ2v) is 4.11. The van der Waals surface area contributed by atoms with Gasteiger partial charge in [-0.1, -0.05) is 29.8 Å². The molecule has 0 aliphatic rings. The van der Waals surface area contributed by atoms with E-state index in [2.05, 4.69) is 9.97 Å². The Balaban J connectivity index is 2.02. The minimum absolute atomic E-state index is 0.587. The summed E-state index contributed by atoms with van der Waals surface area (Å²) in [4.78, 5) is 8.40. The highest BCUT2D eigenvalue weighted by Crippen LogP contribution is 2.26. The molecule has 2 aromatic carbocycles. The molecule has 0 unspecified atom stereocenters. The van der Waals surface area contributed by atoms with Gasteiger partial charge in [0.2, 0.25) is 5.88 Å². The molecule has 18 heavy (non-hydrogen) atoms. The third kappa shape index (κ3) is 2.02. The molecule has 1 aromatic heterocycles. The molecule has 3 nitrogen and oxygen atoms in total. The number of hydrogen-bond acceptors (Lipinski definition) is 3. The van der Waals surface area contributed by atoms with Gasteiger partial charge >= 0.3 is 0 Å². The summed E-state index contributed by atoms with van der Waals surface area (Å²) in [5.74, 6) is 1.37. The third-order valence-corrected chi connectivity index (χ3v) is 2.74. The van der Waals surface area contributed by atoms with Crippen molar-refractivity contribution in [2.45, 2.75) is 6.92 Å². The van der Waals surface area contributed by atoms with E-state index >= 15 is 0 Å². The van der Waals surface area contributed by atoms with Crippen molar-refractivity contribution in [2.75, 3.05) is 0 Å². The minimum atomic E-state index is 0.587. The number of rotatable bonds is 2. The Hall–Kier alpha value is -2.42. The lowest BCUT2D eigenvalue weighted by molar-refractivity contribution is 0.468. The summed E-state index contributed by atoms with van der Waals surface area (Å²) in [5, 5.41) is 0.917. The second-order valence-electron chi connectivity index (χ2n) is 4.11. The molecule has 0 amide bonds. The van der Waals surface area contributed by atoms with Gasteiger partial charge in [-0.3, -0.25) is 0 Å². The van der Waals surface area contributed by atoms with Gasteiger partial charge in [0.15, 0.2) is 0 Å². The zero-order chi connectivity index (χ0) is 12.4. The second kappa shape index (κ2) is 4.45. The largest absolute Gasteiger partial charge is 0.438 e. The molecule has 3 aromatic rings. The molecule has 1 heterocycles. The first-order valence-corrected chi connectivity index (χ1v) is 5.77. The maximum atomic E-state index is 5.80. The standard InChI is InChI=1S/C15H12N2O/c1-11-6-8-12(9-7-11)18-15-13-4-2-3-5-14(13)16-10-17-15/h2-10H,1H3. The lowest BCUT2D eigenvalue weighted by atomic mass is 10.2. The Kier molecular flexibility index (Phi) is 2.65. The summed E-state index contributed by atoms with van der Waals surface area (Å²) in [7, 11) is 0. The topological polar surface area (TPSA) is 35.0 Å². The lowest BCUT2D eigenvalue weighted by Crippen LogP contribution is -1.91. The molecular weight excluding hydrogens is 224 g/mol. The summed E-state index contributed by atoms with van der Waals surface area (Å²) < 4.78 is 5.80. The number of aryl methyl sites for hydroxylation is 1. The number of aromatic nitrogens is 2. The van der Waals surface area contributed by atoms with Crippen LogP contribution in [0.3, 0.4) is 0 Å². The molecule has 0 fully saturated rings. The van der Waals surface area contributed by atoms with Gasteiger partial charge in [-0.25, -0.2) is 9.97 Å². The smallest absolute Gasteiger partial charge is 0.230 e. The van der Waals surface area contributed by atoms with E-state index < -0.39 is 0 Å². The van der Waals surface area contributed by atoms with E-state index in [1.54, 1.807) is 0 Å². The van der Waals surface area contributed by atoms with Crippen LogP contribution in [0.4, 0.5) is 0 Å². The van der Waals surface area contributed by atoms with Crippen LogP contribution in [0.15, 0.2) is 54.9 Å². The third-order valence-electron chi connectivity index (χ3n) is 2.74. The highest BCUT2D eigenvalue weighted by molar-refractivity contribution is 5.83. The number of para-hydroxylation sites is 1. The van der Waals surface area contributed by atoms with Crippen LogP contribution in [0.25, 0.3) is 10.9 Å². The van der Waals surface area contributed by atoms with Crippen LogP contribution in [0, 0.1) is 6.92 Å². The molecule has 0 saturated heterocycles. The Morgan fingerprint density at radius 2 is 1.67 bits per heavy atom. The summed E-state index contributed by atoms with van der Waals surface area (Å²) in [6, 6.07) is 15.7. The fraction of sp³-hybridized carbons (Fsp3) is 0.0667. The number of ether oxygens (including phenoxy) is 1. The van der Waals surface area contributed by atoms with Crippen molar-refractivity contribution < 1.29 is 4.74 Å². The Bertz CT molecular complexity index is 672. The minimum Gasteiger partial charge on any atom is -0.438 e. The van der Waals surface area contributed by atoms with Gasteiger partial charge in [-0.15, -0.1) is 0 Å². The maximum Gasteiger partial charge on any atom is 0.230 e. The van der Waals surface area contributed by atoms with Gasteiger partial charge in [-0.2, -0.15) is 0 Å². The van der Waals surface area contributed by atoms with E-state index in [1.165, 1.54) is 11.9 Å². The van der Waals surface area contributed by atoms with Crippen LogP contribution in [0.1, 0.15) is 5.56 Å². The van der Waals surface area contributed by atoms with Gasteiger partial charge in [0.25, 0.3) is 0 Å². The zero-order valence-electron chi connectivity index (χ0n) is 10.00. The summed E-state index contributed by atoms with van der Waals surface area (Å²) >= 11 is 0. The van der Waals surface area contributed by atoms with E-state index in [4.69, 9.17) is 4.74 Å². The van der Waals surface area contributed by atoms with Crippen molar-refractivity contribution in [3.63, 3.8) is 0 Å². The molecule has 3 heteroatoms. The fourth-order valence-corrected chi connectivity index (χ4v) is 1.78. The van der Waals surface area contributed by atoms with Crippen LogP contribution in [0.5, 0.6) is 11.6 Å². The van der Waals surface area contributed by atoms with Crippen molar-refractivity contribution in [2.24, 2.45) is 0 Å². The van der Waals surface area contributed by atoms with Crippen LogP contribution >= 0.6 is 0 Å². The molecular formula is C15H12N2O. The van der Waals surface area contributed by atoms with E-state index in [0.717, 1.165) is 16.7 Å². The maximum absolute atomic E-state index is 5.80. The first-order chi connectivity index (χ1) is 8.83. The van der Waals surface area contributed by atoms with Gasteiger partial charge in [0, 0.05) is 0 Å². The van der Waals surface area contributed by atoms with Crippen LogP contribution in [0.2, 0.25) is 0 Å². The average Bonchev–Trinajstić information content (AvgIpc) is 2.42. The summed E-state index contributed by atoms with van der Waals surface area (Å²) in [6.45, 7) is 2.05. The highest BCUT2D eigenvalue weighted by atomic mass is 16.5. The fourth-order valence-electron chi connectivity index (χ4n) is 1.78. The van der Waals surface area contributed by atoms with Crippen molar-refractivity contribution in [3.8, 4) is 11.6 Å². The van der Waals surface area contributed by atoms with Crippen LogP contribution in [-0.2, 0) is 0 Å². The highest BCUT2D eigenvalue weighted by Gasteiger charge is 2.04. The average molecular weight is 236 g/mol. The van der Waals surface area contributed by atoms with Gasteiger partial charge < -0.3 is 4.74 Å². The van der Waals surface area contributed by atoms with Crippen molar-refractivity contribution >= 4 is 10.9 Å². The molecule has 3 rings (SSSR count).